The molecule has 0 radical (unpaired) electrons. The van der Waals surface area contributed by atoms with Crippen LogP contribution in [0.2, 0.25) is 0 Å². The van der Waals surface area contributed by atoms with Crippen molar-refractivity contribution in [3.05, 3.63) is 53.6 Å². The van der Waals surface area contributed by atoms with Gasteiger partial charge >= 0.3 is 5.97 Å². The van der Waals surface area contributed by atoms with E-state index in [1.807, 2.05) is 0 Å². The zero-order valence-electron chi connectivity index (χ0n) is 16.3. The molecular formula is C23H29NO2. The van der Waals surface area contributed by atoms with E-state index in [1.54, 1.807) is 0 Å². The molecule has 138 valence electrons. The second kappa shape index (κ2) is 7.94. The second-order valence-corrected chi connectivity index (χ2v) is 7.50. The summed E-state index contributed by atoms with van der Waals surface area (Å²) >= 11 is 0. The molecular weight excluding hydrogens is 322 g/mol. The molecule has 1 fully saturated rings. The fourth-order valence-corrected chi connectivity index (χ4v) is 3.58. The van der Waals surface area contributed by atoms with Crippen LogP contribution >= 0.6 is 0 Å². The third kappa shape index (κ3) is 3.77. The Morgan fingerprint density at radius 2 is 1.96 bits per heavy atom. The Bertz CT molecular complexity index is 776. The molecule has 0 aromatic heterocycles. The van der Waals surface area contributed by atoms with Gasteiger partial charge in [0, 0.05) is 18.8 Å². The van der Waals surface area contributed by atoms with E-state index >= 15 is 0 Å². The van der Waals surface area contributed by atoms with Gasteiger partial charge < -0.3 is 9.64 Å². The van der Waals surface area contributed by atoms with Gasteiger partial charge in [0.25, 0.3) is 0 Å². The molecule has 3 nitrogen and oxygen atoms in total. The van der Waals surface area contributed by atoms with Crippen molar-refractivity contribution in [3.8, 4) is 11.1 Å². The lowest BCUT2D eigenvalue weighted by Gasteiger charge is -2.39. The number of methoxy groups -OCH3 is 1. The van der Waals surface area contributed by atoms with Crippen LogP contribution in [0.3, 0.4) is 0 Å². The molecule has 0 amide bonds. The molecule has 2 aromatic carbocycles. The van der Waals surface area contributed by atoms with E-state index < -0.39 is 0 Å². The van der Waals surface area contributed by atoms with Gasteiger partial charge in [-0.05, 0) is 46.7 Å². The van der Waals surface area contributed by atoms with Crippen molar-refractivity contribution in [2.24, 2.45) is 5.92 Å². The summed E-state index contributed by atoms with van der Waals surface area (Å²) in [5.41, 5.74) is 6.56. The number of nitrogens with zero attached hydrogens (tertiary/aromatic N) is 1. The maximum absolute atomic E-state index is 11.6. The molecule has 0 N–H and O–H groups in total. The number of rotatable bonds is 6. The quantitative estimate of drug-likeness (QED) is 0.683. The fourth-order valence-electron chi connectivity index (χ4n) is 3.58. The number of carbonyl (C=O) groups excluding carboxylic acids is 1. The Hall–Kier alpha value is -2.29. The molecule has 2 aromatic rings. The van der Waals surface area contributed by atoms with Crippen molar-refractivity contribution < 1.29 is 9.53 Å². The van der Waals surface area contributed by atoms with Gasteiger partial charge in [0.05, 0.1) is 13.0 Å². The van der Waals surface area contributed by atoms with E-state index in [1.165, 1.54) is 35.1 Å². The number of benzene rings is 2. The second-order valence-electron chi connectivity index (χ2n) is 7.50. The molecule has 26 heavy (non-hydrogen) atoms. The SMILES string of the molecule is CCCc1ccc(C(C)C)cc1-c1cccc(N2CC(C(=O)OC)C2)c1. The number of hydrogen-bond acceptors (Lipinski definition) is 3. The summed E-state index contributed by atoms with van der Waals surface area (Å²) < 4.78 is 4.84. The normalized spacial score (nSPS) is 14.4. The monoisotopic (exact) mass is 351 g/mol. The van der Waals surface area contributed by atoms with Gasteiger partial charge in [-0.15, -0.1) is 0 Å². The highest BCUT2D eigenvalue weighted by Crippen LogP contribution is 2.33. The molecule has 3 rings (SSSR count). The Morgan fingerprint density at radius 3 is 2.62 bits per heavy atom. The zero-order chi connectivity index (χ0) is 18.7. The summed E-state index contributed by atoms with van der Waals surface area (Å²) in [6.07, 6.45) is 2.23. The maximum atomic E-state index is 11.6. The van der Waals surface area contributed by atoms with Gasteiger partial charge in [0.2, 0.25) is 0 Å². The Labute approximate surface area is 157 Å². The minimum absolute atomic E-state index is 0.00331. The van der Waals surface area contributed by atoms with Crippen LogP contribution in [0.5, 0.6) is 0 Å². The van der Waals surface area contributed by atoms with Crippen molar-refractivity contribution in [2.75, 3.05) is 25.1 Å². The summed E-state index contributed by atoms with van der Waals surface area (Å²) in [5, 5.41) is 0. The summed E-state index contributed by atoms with van der Waals surface area (Å²) in [7, 11) is 1.46. The van der Waals surface area contributed by atoms with Crippen LogP contribution in [0, 0.1) is 5.92 Å². The lowest BCUT2D eigenvalue weighted by molar-refractivity contribution is -0.146. The van der Waals surface area contributed by atoms with E-state index in [4.69, 9.17) is 4.74 Å². The maximum Gasteiger partial charge on any atom is 0.312 e. The molecule has 1 aliphatic heterocycles. The number of esters is 1. The van der Waals surface area contributed by atoms with Crippen molar-refractivity contribution >= 4 is 11.7 Å². The average molecular weight is 351 g/mol. The molecule has 0 aliphatic carbocycles. The molecule has 0 spiro atoms. The lowest BCUT2D eigenvalue weighted by Crippen LogP contribution is -2.50. The zero-order valence-corrected chi connectivity index (χ0v) is 16.3. The van der Waals surface area contributed by atoms with E-state index in [0.29, 0.717) is 5.92 Å². The lowest BCUT2D eigenvalue weighted by atomic mass is 9.91. The van der Waals surface area contributed by atoms with Crippen LogP contribution in [0.1, 0.15) is 44.2 Å². The number of ether oxygens (including phenoxy) is 1. The summed E-state index contributed by atoms with van der Waals surface area (Å²) in [6, 6.07) is 15.6. The molecule has 1 heterocycles. The molecule has 3 heteroatoms. The van der Waals surface area contributed by atoms with Gasteiger partial charge in [0.15, 0.2) is 0 Å². The van der Waals surface area contributed by atoms with Gasteiger partial charge in [-0.1, -0.05) is 57.5 Å². The minimum atomic E-state index is -0.104. The highest BCUT2D eigenvalue weighted by atomic mass is 16.5. The van der Waals surface area contributed by atoms with Crippen molar-refractivity contribution in [1.82, 2.24) is 0 Å². The summed E-state index contributed by atoms with van der Waals surface area (Å²) in [6.45, 7) is 8.18. The van der Waals surface area contributed by atoms with E-state index in [-0.39, 0.29) is 11.9 Å². The first-order valence-electron chi connectivity index (χ1n) is 9.59. The highest BCUT2D eigenvalue weighted by molar-refractivity contribution is 5.78. The van der Waals surface area contributed by atoms with Crippen LogP contribution in [0.15, 0.2) is 42.5 Å². The molecule has 1 saturated heterocycles. The number of hydrogen-bond donors (Lipinski definition) is 0. The number of anilines is 1. The van der Waals surface area contributed by atoms with E-state index in [0.717, 1.165) is 25.9 Å². The van der Waals surface area contributed by atoms with Gasteiger partial charge in [-0.25, -0.2) is 0 Å². The first-order valence-corrected chi connectivity index (χ1v) is 9.59. The van der Waals surface area contributed by atoms with Crippen LogP contribution < -0.4 is 4.90 Å². The molecule has 1 aliphatic rings. The van der Waals surface area contributed by atoms with E-state index in [9.17, 15) is 4.79 Å². The summed E-state index contributed by atoms with van der Waals surface area (Å²) in [4.78, 5) is 13.9. The molecule has 0 saturated carbocycles. The van der Waals surface area contributed by atoms with Crippen molar-refractivity contribution in [1.29, 1.82) is 0 Å². The van der Waals surface area contributed by atoms with Crippen LogP contribution in [0.25, 0.3) is 11.1 Å². The van der Waals surface area contributed by atoms with E-state index in [2.05, 4.69) is 68.1 Å². The minimum Gasteiger partial charge on any atom is -0.469 e. The van der Waals surface area contributed by atoms with Crippen LogP contribution in [-0.2, 0) is 16.0 Å². The van der Waals surface area contributed by atoms with Gasteiger partial charge in [-0.2, -0.15) is 0 Å². The molecule has 0 atom stereocenters. The van der Waals surface area contributed by atoms with Crippen molar-refractivity contribution in [3.63, 3.8) is 0 Å². The third-order valence-corrected chi connectivity index (χ3v) is 5.26. The first-order chi connectivity index (χ1) is 12.5. The molecule has 0 bridgehead atoms. The summed E-state index contributed by atoms with van der Waals surface area (Å²) in [5.74, 6) is 0.416. The highest BCUT2D eigenvalue weighted by Gasteiger charge is 2.33. The Kier molecular flexibility index (Phi) is 5.65. The fraction of sp³-hybridized carbons (Fsp3) is 0.435. The average Bonchev–Trinajstić information content (AvgIpc) is 2.61. The third-order valence-electron chi connectivity index (χ3n) is 5.26. The first kappa shape index (κ1) is 18.5. The van der Waals surface area contributed by atoms with Gasteiger partial charge in [-0.3, -0.25) is 4.79 Å². The Balaban J connectivity index is 1.88. The van der Waals surface area contributed by atoms with Crippen LogP contribution in [0.4, 0.5) is 5.69 Å². The standard InChI is InChI=1S/C23H29NO2/c1-5-7-17-10-11-18(16(2)3)13-22(17)19-8-6-9-21(12-19)24-14-20(15-24)23(25)26-4/h6,8-13,16,20H,5,7,14-15H2,1-4H3. The predicted molar refractivity (Wildman–Crippen MR) is 108 cm³/mol. The number of aryl methyl sites for hydroxylation is 1. The largest absolute Gasteiger partial charge is 0.469 e. The van der Waals surface area contributed by atoms with Crippen LogP contribution in [-0.4, -0.2) is 26.2 Å². The topological polar surface area (TPSA) is 29.5 Å². The predicted octanol–water partition coefficient (Wildman–Crippen LogP) is 5.04. The molecule has 0 unspecified atom stereocenters. The smallest absolute Gasteiger partial charge is 0.312 e. The van der Waals surface area contributed by atoms with Gasteiger partial charge in [0.1, 0.15) is 0 Å². The van der Waals surface area contributed by atoms with Crippen molar-refractivity contribution in [2.45, 2.75) is 39.5 Å². The number of carbonyl (C=O) groups is 1. The Morgan fingerprint density at radius 1 is 1.19 bits per heavy atom.